The number of Topliss-reactive ketones (excluding diaryl/α,β-unsaturated/α-hetero) is 1. The zero-order valence-electron chi connectivity index (χ0n) is 12.6. The van der Waals surface area contributed by atoms with Crippen LogP contribution in [-0.4, -0.2) is 29.6 Å². The molecule has 0 spiro atoms. The van der Waals surface area contributed by atoms with E-state index in [9.17, 15) is 9.59 Å². The highest BCUT2D eigenvalue weighted by atomic mass is 32.1. The highest BCUT2D eigenvalue weighted by Gasteiger charge is 2.15. The predicted molar refractivity (Wildman–Crippen MR) is 87.8 cm³/mol. The second kappa shape index (κ2) is 6.21. The van der Waals surface area contributed by atoms with Crippen molar-refractivity contribution in [1.82, 2.24) is 9.55 Å². The summed E-state index contributed by atoms with van der Waals surface area (Å²) in [5, 5.41) is 1.80. The Balaban J connectivity index is 1.94. The maximum Gasteiger partial charge on any atom is 0.271 e. The lowest BCUT2D eigenvalue weighted by Gasteiger charge is -2.10. The first-order valence-electron chi connectivity index (χ1n) is 6.82. The number of ether oxygens (including phenoxy) is 2. The molecular formula is C16H14N2O4S. The van der Waals surface area contributed by atoms with Gasteiger partial charge in [0.1, 0.15) is 16.2 Å². The zero-order chi connectivity index (χ0) is 16.4. The average Bonchev–Trinajstić information content (AvgIpc) is 3.06. The maximum absolute atomic E-state index is 12.5. The first-order chi connectivity index (χ1) is 11.1. The summed E-state index contributed by atoms with van der Waals surface area (Å²) >= 11 is 1.32. The molecule has 0 atom stereocenters. The molecule has 2 heterocycles. The number of thiophene rings is 1. The molecule has 3 rings (SSSR count). The molecule has 23 heavy (non-hydrogen) atoms. The summed E-state index contributed by atoms with van der Waals surface area (Å²) in [4.78, 5) is 29.0. The number of rotatable bonds is 5. The molecule has 3 aromatic rings. The Morgan fingerprint density at radius 3 is 2.83 bits per heavy atom. The normalized spacial score (nSPS) is 10.7. The lowest BCUT2D eigenvalue weighted by Crippen LogP contribution is -2.24. The molecule has 6 nitrogen and oxygen atoms in total. The van der Waals surface area contributed by atoms with Crippen LogP contribution in [-0.2, 0) is 6.54 Å². The van der Waals surface area contributed by atoms with E-state index in [0.717, 1.165) is 0 Å². The van der Waals surface area contributed by atoms with Gasteiger partial charge in [0.2, 0.25) is 0 Å². The van der Waals surface area contributed by atoms with E-state index >= 15 is 0 Å². The predicted octanol–water partition coefficient (Wildman–Crippen LogP) is 2.36. The van der Waals surface area contributed by atoms with Crippen molar-refractivity contribution in [2.45, 2.75) is 6.54 Å². The van der Waals surface area contributed by atoms with Gasteiger partial charge in [-0.15, -0.1) is 11.3 Å². The summed E-state index contributed by atoms with van der Waals surface area (Å²) in [7, 11) is 3.02. The molecule has 2 aromatic heterocycles. The number of carbonyl (C=O) groups excluding carboxylic acids is 1. The number of ketones is 1. The van der Waals surface area contributed by atoms with Gasteiger partial charge >= 0.3 is 0 Å². The molecule has 0 saturated heterocycles. The lowest BCUT2D eigenvalue weighted by atomic mass is 10.1. The van der Waals surface area contributed by atoms with Crippen molar-refractivity contribution < 1.29 is 14.3 Å². The molecule has 118 valence electrons. The van der Waals surface area contributed by atoms with Crippen LogP contribution >= 0.6 is 11.3 Å². The van der Waals surface area contributed by atoms with Crippen LogP contribution in [0.15, 0.2) is 40.8 Å². The number of nitrogens with zero attached hydrogens (tertiary/aromatic N) is 2. The number of fused-ring (bicyclic) bond motifs is 1. The SMILES string of the molecule is COc1ccc(C(=O)Cn2cnc3ccsc3c2=O)c(OC)c1. The van der Waals surface area contributed by atoms with Crippen molar-refractivity contribution in [3.63, 3.8) is 0 Å². The van der Waals surface area contributed by atoms with E-state index in [-0.39, 0.29) is 17.9 Å². The number of carbonyl (C=O) groups is 1. The molecule has 0 saturated carbocycles. The van der Waals surface area contributed by atoms with Crippen LogP contribution in [0.1, 0.15) is 10.4 Å². The number of aromatic nitrogens is 2. The van der Waals surface area contributed by atoms with E-state index in [1.54, 1.807) is 29.6 Å². The third-order valence-corrected chi connectivity index (χ3v) is 4.35. The quantitative estimate of drug-likeness (QED) is 0.672. The van der Waals surface area contributed by atoms with E-state index in [1.165, 1.54) is 36.5 Å². The topological polar surface area (TPSA) is 70.4 Å². The second-order valence-corrected chi connectivity index (χ2v) is 5.72. The van der Waals surface area contributed by atoms with Crippen molar-refractivity contribution in [2.24, 2.45) is 0 Å². The van der Waals surface area contributed by atoms with Crippen LogP contribution in [0.3, 0.4) is 0 Å². The minimum Gasteiger partial charge on any atom is -0.497 e. The molecule has 0 aliphatic carbocycles. The molecule has 0 amide bonds. The summed E-state index contributed by atoms with van der Waals surface area (Å²) < 4.78 is 12.2. The Kier molecular flexibility index (Phi) is 4.12. The van der Waals surface area contributed by atoms with Gasteiger partial charge in [0.05, 0.1) is 38.2 Å². The van der Waals surface area contributed by atoms with E-state index in [4.69, 9.17) is 9.47 Å². The monoisotopic (exact) mass is 330 g/mol. The number of hydrogen-bond acceptors (Lipinski definition) is 6. The molecule has 0 aliphatic rings. The lowest BCUT2D eigenvalue weighted by molar-refractivity contribution is 0.0967. The van der Waals surface area contributed by atoms with Gasteiger partial charge in [-0.3, -0.25) is 14.2 Å². The van der Waals surface area contributed by atoms with Crippen molar-refractivity contribution >= 4 is 27.3 Å². The van der Waals surface area contributed by atoms with Crippen LogP contribution in [0, 0.1) is 0 Å². The van der Waals surface area contributed by atoms with E-state index in [2.05, 4.69) is 4.98 Å². The van der Waals surface area contributed by atoms with E-state index in [0.29, 0.717) is 27.3 Å². The number of benzene rings is 1. The molecule has 0 N–H and O–H groups in total. The zero-order valence-corrected chi connectivity index (χ0v) is 13.4. The largest absolute Gasteiger partial charge is 0.497 e. The Hall–Kier alpha value is -2.67. The number of methoxy groups -OCH3 is 2. The Morgan fingerprint density at radius 2 is 2.09 bits per heavy atom. The summed E-state index contributed by atoms with van der Waals surface area (Å²) in [6.45, 7) is -0.0949. The van der Waals surface area contributed by atoms with Gasteiger partial charge in [0, 0.05) is 6.07 Å². The molecule has 0 fully saturated rings. The molecule has 0 aliphatic heterocycles. The molecule has 0 radical (unpaired) electrons. The molecule has 0 bridgehead atoms. The molecular weight excluding hydrogens is 316 g/mol. The molecule has 0 unspecified atom stereocenters. The van der Waals surface area contributed by atoms with Gasteiger partial charge in [0.15, 0.2) is 5.78 Å². The Bertz CT molecular complexity index is 929. The average molecular weight is 330 g/mol. The summed E-state index contributed by atoms with van der Waals surface area (Å²) in [6, 6.07) is 6.72. The van der Waals surface area contributed by atoms with Gasteiger partial charge in [-0.1, -0.05) is 0 Å². The number of hydrogen-bond donors (Lipinski definition) is 0. The van der Waals surface area contributed by atoms with Gasteiger partial charge in [0.25, 0.3) is 5.56 Å². The summed E-state index contributed by atoms with van der Waals surface area (Å²) in [5.74, 6) is 0.772. The fraction of sp³-hybridized carbons (Fsp3) is 0.188. The third-order valence-electron chi connectivity index (χ3n) is 3.46. The fourth-order valence-corrected chi connectivity index (χ4v) is 3.05. The third kappa shape index (κ3) is 2.83. The van der Waals surface area contributed by atoms with Crippen LogP contribution < -0.4 is 15.0 Å². The fourth-order valence-electron chi connectivity index (χ4n) is 2.26. The van der Waals surface area contributed by atoms with E-state index in [1.807, 2.05) is 0 Å². The summed E-state index contributed by atoms with van der Waals surface area (Å²) in [6.07, 6.45) is 1.39. The van der Waals surface area contributed by atoms with Crippen molar-refractivity contribution in [2.75, 3.05) is 14.2 Å². The standard InChI is InChI=1S/C16H14N2O4S/c1-21-10-3-4-11(14(7-10)22-2)13(19)8-18-9-17-12-5-6-23-15(12)16(18)20/h3-7,9H,8H2,1-2H3. The summed E-state index contributed by atoms with van der Waals surface area (Å²) in [5.41, 5.74) is 0.822. The van der Waals surface area contributed by atoms with Crippen LogP contribution in [0.4, 0.5) is 0 Å². The van der Waals surface area contributed by atoms with Gasteiger partial charge in [-0.05, 0) is 23.6 Å². The maximum atomic E-state index is 12.5. The van der Waals surface area contributed by atoms with Crippen molar-refractivity contribution in [3.05, 3.63) is 51.9 Å². The van der Waals surface area contributed by atoms with Gasteiger partial charge in [-0.2, -0.15) is 0 Å². The van der Waals surface area contributed by atoms with E-state index < -0.39 is 0 Å². The minimum atomic E-state index is -0.232. The van der Waals surface area contributed by atoms with Crippen molar-refractivity contribution in [3.8, 4) is 11.5 Å². The Labute approximate surface area is 135 Å². The first kappa shape index (κ1) is 15.2. The molecule has 1 aromatic carbocycles. The minimum absolute atomic E-state index is 0.0949. The molecule has 7 heteroatoms. The van der Waals surface area contributed by atoms with Crippen molar-refractivity contribution in [1.29, 1.82) is 0 Å². The highest BCUT2D eigenvalue weighted by Crippen LogP contribution is 2.25. The second-order valence-electron chi connectivity index (χ2n) is 4.80. The van der Waals surface area contributed by atoms with Gasteiger partial charge < -0.3 is 9.47 Å². The first-order valence-corrected chi connectivity index (χ1v) is 7.70. The smallest absolute Gasteiger partial charge is 0.271 e. The van der Waals surface area contributed by atoms with Crippen LogP contribution in [0.2, 0.25) is 0 Å². The Morgan fingerprint density at radius 1 is 1.26 bits per heavy atom. The van der Waals surface area contributed by atoms with Crippen LogP contribution in [0.5, 0.6) is 11.5 Å². The highest BCUT2D eigenvalue weighted by molar-refractivity contribution is 7.17. The van der Waals surface area contributed by atoms with Gasteiger partial charge in [-0.25, -0.2) is 4.98 Å². The van der Waals surface area contributed by atoms with Crippen LogP contribution in [0.25, 0.3) is 10.2 Å².